The van der Waals surface area contributed by atoms with E-state index in [4.69, 9.17) is 5.84 Å². The van der Waals surface area contributed by atoms with Crippen molar-refractivity contribution in [1.82, 2.24) is 15.0 Å². The lowest BCUT2D eigenvalue weighted by Gasteiger charge is -2.18. The maximum atomic E-state index is 12.9. The fraction of sp³-hybridized carbons (Fsp3) is 0.308. The predicted octanol–water partition coefficient (Wildman–Crippen LogP) is 1.84. The van der Waals surface area contributed by atoms with Crippen LogP contribution in [0.1, 0.15) is 24.1 Å². The van der Waals surface area contributed by atoms with Crippen LogP contribution < -0.4 is 11.3 Å². The zero-order valence-corrected chi connectivity index (χ0v) is 10.4. The number of nitrogen functional groups attached to an aromatic ring is 1. The molecule has 1 aliphatic rings. The molecule has 98 valence electrons. The number of nitrogens with one attached hydrogen (secondary N) is 1. The topological polar surface area (TPSA) is 76.7 Å². The van der Waals surface area contributed by atoms with Crippen molar-refractivity contribution >= 4 is 5.82 Å². The average molecular weight is 259 g/mol. The van der Waals surface area contributed by atoms with E-state index in [2.05, 4.69) is 20.4 Å². The highest BCUT2D eigenvalue weighted by Gasteiger charge is 2.18. The van der Waals surface area contributed by atoms with Crippen LogP contribution in [0, 0.1) is 5.82 Å². The molecular weight excluding hydrogens is 245 g/mol. The molecule has 0 aromatic carbocycles. The van der Waals surface area contributed by atoms with Gasteiger partial charge in [0.2, 0.25) is 0 Å². The van der Waals surface area contributed by atoms with Crippen LogP contribution in [0.15, 0.2) is 18.3 Å². The van der Waals surface area contributed by atoms with Crippen LogP contribution in [0.25, 0.3) is 11.5 Å². The highest BCUT2D eigenvalue weighted by molar-refractivity contribution is 5.56. The Morgan fingerprint density at radius 3 is 2.74 bits per heavy atom. The number of hydrazine groups is 1. The summed E-state index contributed by atoms with van der Waals surface area (Å²) >= 11 is 0. The predicted molar refractivity (Wildman–Crippen MR) is 69.7 cm³/mol. The van der Waals surface area contributed by atoms with Crippen molar-refractivity contribution in [2.24, 2.45) is 5.84 Å². The standard InChI is InChI=1S/C13H14FN5/c14-8-5-6-11(16-7-8)13-17-10-4-2-1-3-9(10)12(18-13)19-15/h5-7H,1-4,15H2,(H,17,18,19). The summed E-state index contributed by atoms with van der Waals surface area (Å²) in [5.74, 6) is 6.27. The fourth-order valence-corrected chi connectivity index (χ4v) is 2.34. The minimum absolute atomic E-state index is 0.376. The number of rotatable bonds is 2. The number of aromatic nitrogens is 3. The molecule has 6 heteroatoms. The van der Waals surface area contributed by atoms with Gasteiger partial charge in [-0.1, -0.05) is 0 Å². The molecule has 0 fully saturated rings. The van der Waals surface area contributed by atoms with Crippen molar-refractivity contribution in [2.45, 2.75) is 25.7 Å². The Bertz CT molecular complexity index is 579. The molecule has 0 bridgehead atoms. The van der Waals surface area contributed by atoms with E-state index in [1.54, 1.807) is 6.07 Å². The molecule has 1 aliphatic carbocycles. The summed E-state index contributed by atoms with van der Waals surface area (Å²) in [5.41, 5.74) is 5.26. The summed E-state index contributed by atoms with van der Waals surface area (Å²) in [6, 6.07) is 2.92. The van der Waals surface area contributed by atoms with Crippen molar-refractivity contribution in [3.8, 4) is 11.5 Å². The summed E-state index contributed by atoms with van der Waals surface area (Å²) in [6.45, 7) is 0. The quantitative estimate of drug-likeness (QED) is 0.635. The molecule has 0 amide bonds. The molecule has 0 atom stereocenters. The molecule has 0 spiro atoms. The number of aryl methyl sites for hydroxylation is 1. The monoisotopic (exact) mass is 259 g/mol. The van der Waals surface area contributed by atoms with E-state index in [9.17, 15) is 4.39 Å². The highest BCUT2D eigenvalue weighted by Crippen LogP contribution is 2.27. The molecule has 3 rings (SSSR count). The average Bonchev–Trinajstić information content (AvgIpc) is 2.47. The van der Waals surface area contributed by atoms with E-state index in [-0.39, 0.29) is 5.82 Å². The van der Waals surface area contributed by atoms with Crippen LogP contribution in [0.3, 0.4) is 0 Å². The summed E-state index contributed by atoms with van der Waals surface area (Å²) < 4.78 is 12.9. The first kappa shape index (κ1) is 12.0. The molecule has 3 N–H and O–H groups in total. The minimum atomic E-state index is -0.376. The van der Waals surface area contributed by atoms with E-state index in [1.165, 1.54) is 6.07 Å². The van der Waals surface area contributed by atoms with Crippen LogP contribution in [0.4, 0.5) is 10.2 Å². The number of nitrogens with two attached hydrogens (primary N) is 1. The van der Waals surface area contributed by atoms with E-state index in [0.717, 1.165) is 43.1 Å². The van der Waals surface area contributed by atoms with Crippen molar-refractivity contribution in [3.63, 3.8) is 0 Å². The maximum absolute atomic E-state index is 12.9. The second-order valence-corrected chi connectivity index (χ2v) is 4.53. The number of hydrogen-bond donors (Lipinski definition) is 2. The smallest absolute Gasteiger partial charge is 0.180 e. The van der Waals surface area contributed by atoms with Crippen molar-refractivity contribution in [3.05, 3.63) is 35.4 Å². The zero-order valence-electron chi connectivity index (χ0n) is 10.4. The number of nitrogens with zero attached hydrogens (tertiary/aromatic N) is 3. The van der Waals surface area contributed by atoms with Crippen molar-refractivity contribution in [1.29, 1.82) is 0 Å². The lowest BCUT2D eigenvalue weighted by molar-refractivity contribution is 0.621. The molecule has 0 saturated carbocycles. The van der Waals surface area contributed by atoms with Gasteiger partial charge in [0.1, 0.15) is 17.3 Å². The highest BCUT2D eigenvalue weighted by atomic mass is 19.1. The summed E-state index contributed by atoms with van der Waals surface area (Å²) in [6.07, 6.45) is 5.25. The minimum Gasteiger partial charge on any atom is -0.308 e. The first-order valence-electron chi connectivity index (χ1n) is 6.26. The van der Waals surface area contributed by atoms with Crippen molar-refractivity contribution in [2.75, 3.05) is 5.43 Å². The Morgan fingerprint density at radius 1 is 1.16 bits per heavy atom. The Balaban J connectivity index is 2.09. The molecular formula is C13H14FN5. The number of pyridine rings is 1. The van der Waals surface area contributed by atoms with Crippen LogP contribution in [-0.2, 0) is 12.8 Å². The summed E-state index contributed by atoms with van der Waals surface area (Å²) in [7, 11) is 0. The second-order valence-electron chi connectivity index (χ2n) is 4.53. The molecule has 0 radical (unpaired) electrons. The molecule has 19 heavy (non-hydrogen) atoms. The number of halogens is 1. The second kappa shape index (κ2) is 4.89. The van der Waals surface area contributed by atoms with E-state index >= 15 is 0 Å². The molecule has 2 heterocycles. The molecule has 2 aromatic rings. The van der Waals surface area contributed by atoms with Crippen LogP contribution in [-0.4, -0.2) is 15.0 Å². The first-order chi connectivity index (χ1) is 9.28. The van der Waals surface area contributed by atoms with Crippen LogP contribution in [0.2, 0.25) is 0 Å². The van der Waals surface area contributed by atoms with Gasteiger partial charge in [-0.2, -0.15) is 0 Å². The maximum Gasteiger partial charge on any atom is 0.180 e. The van der Waals surface area contributed by atoms with Gasteiger partial charge in [0, 0.05) is 11.3 Å². The lowest BCUT2D eigenvalue weighted by Crippen LogP contribution is -2.17. The van der Waals surface area contributed by atoms with Gasteiger partial charge in [0.05, 0.1) is 6.20 Å². The Hall–Kier alpha value is -2.08. The Morgan fingerprint density at radius 2 is 2.00 bits per heavy atom. The number of hydrogen-bond acceptors (Lipinski definition) is 5. The Labute approximate surface area is 110 Å². The van der Waals surface area contributed by atoms with E-state index in [0.29, 0.717) is 17.3 Å². The summed E-state index contributed by atoms with van der Waals surface area (Å²) in [5, 5.41) is 0. The third kappa shape index (κ3) is 2.26. The normalized spacial score (nSPS) is 14.0. The largest absolute Gasteiger partial charge is 0.308 e. The molecule has 5 nitrogen and oxygen atoms in total. The first-order valence-corrected chi connectivity index (χ1v) is 6.26. The third-order valence-electron chi connectivity index (χ3n) is 3.28. The molecule has 2 aromatic heterocycles. The van der Waals surface area contributed by atoms with Crippen LogP contribution in [0.5, 0.6) is 0 Å². The van der Waals surface area contributed by atoms with Gasteiger partial charge in [-0.05, 0) is 37.8 Å². The van der Waals surface area contributed by atoms with Gasteiger partial charge in [-0.15, -0.1) is 0 Å². The van der Waals surface area contributed by atoms with Gasteiger partial charge in [0.15, 0.2) is 5.82 Å². The molecule has 0 unspecified atom stereocenters. The van der Waals surface area contributed by atoms with Gasteiger partial charge < -0.3 is 5.43 Å². The van der Waals surface area contributed by atoms with Gasteiger partial charge in [-0.3, -0.25) is 0 Å². The SMILES string of the molecule is NNc1nc(-c2ccc(F)cn2)nc2c1CCCC2. The molecule has 0 saturated heterocycles. The van der Waals surface area contributed by atoms with Gasteiger partial charge in [-0.25, -0.2) is 25.2 Å². The third-order valence-corrected chi connectivity index (χ3v) is 3.28. The van der Waals surface area contributed by atoms with E-state index < -0.39 is 0 Å². The lowest BCUT2D eigenvalue weighted by atomic mass is 9.96. The Kier molecular flexibility index (Phi) is 3.08. The number of anilines is 1. The van der Waals surface area contributed by atoms with Crippen molar-refractivity contribution < 1.29 is 4.39 Å². The van der Waals surface area contributed by atoms with Gasteiger partial charge >= 0.3 is 0 Å². The number of fused-ring (bicyclic) bond motifs is 1. The zero-order chi connectivity index (χ0) is 13.2. The van der Waals surface area contributed by atoms with E-state index in [1.807, 2.05) is 0 Å². The molecule has 0 aliphatic heterocycles. The summed E-state index contributed by atoms with van der Waals surface area (Å²) in [4.78, 5) is 12.9. The fourth-order valence-electron chi connectivity index (χ4n) is 2.34. The van der Waals surface area contributed by atoms with Gasteiger partial charge in [0.25, 0.3) is 0 Å². The van der Waals surface area contributed by atoms with Crippen LogP contribution >= 0.6 is 0 Å².